The van der Waals surface area contributed by atoms with E-state index < -0.39 is 5.97 Å². The third kappa shape index (κ3) is 2.26. The van der Waals surface area contributed by atoms with Crippen LogP contribution in [0.3, 0.4) is 0 Å². The Bertz CT molecular complexity index is 700. The minimum atomic E-state index is -0.398. The van der Waals surface area contributed by atoms with Crippen LogP contribution in [-0.2, 0) is 9.53 Å². The second kappa shape index (κ2) is 5.13. The zero-order chi connectivity index (χ0) is 13.9. The minimum absolute atomic E-state index is 0.362. The van der Waals surface area contributed by atoms with Gasteiger partial charge in [-0.1, -0.05) is 48.5 Å². The highest BCUT2D eigenvalue weighted by Gasteiger charge is 2.26. The summed E-state index contributed by atoms with van der Waals surface area (Å²) in [6.07, 6.45) is 0. The average molecular weight is 263 g/mol. The van der Waals surface area contributed by atoms with Gasteiger partial charge in [0.2, 0.25) is 5.90 Å². The molecule has 0 atom stereocenters. The fourth-order valence-electron chi connectivity index (χ4n) is 2.07. The maximum Gasteiger partial charge on any atom is 0.364 e. The monoisotopic (exact) mass is 263 g/mol. The molecule has 1 aliphatic heterocycles. The standard InChI is InChI=1S/C17H13NO2/c1-12(13-8-4-2-5-9-13)15-17(19)20-16(18-15)14-10-6-3-7-11-14/h2-11H,1H3/b15-12+. The second-order valence-electron chi connectivity index (χ2n) is 4.51. The second-order valence-corrected chi connectivity index (χ2v) is 4.51. The van der Waals surface area contributed by atoms with Gasteiger partial charge in [-0.3, -0.25) is 0 Å². The van der Waals surface area contributed by atoms with E-state index in [0.717, 1.165) is 16.7 Å². The summed E-state index contributed by atoms with van der Waals surface area (Å²) in [7, 11) is 0. The fraction of sp³-hybridized carbons (Fsp3) is 0.0588. The lowest BCUT2D eigenvalue weighted by atomic mass is 10.1. The van der Waals surface area contributed by atoms with Gasteiger partial charge in [0.05, 0.1) is 0 Å². The van der Waals surface area contributed by atoms with E-state index >= 15 is 0 Å². The van der Waals surface area contributed by atoms with E-state index in [9.17, 15) is 4.79 Å². The first-order valence-electron chi connectivity index (χ1n) is 6.38. The van der Waals surface area contributed by atoms with Crippen LogP contribution >= 0.6 is 0 Å². The van der Waals surface area contributed by atoms with Gasteiger partial charge in [-0.05, 0) is 30.2 Å². The summed E-state index contributed by atoms with van der Waals surface area (Å²) in [5, 5.41) is 0. The Labute approximate surface area is 117 Å². The van der Waals surface area contributed by atoms with Gasteiger partial charge < -0.3 is 4.74 Å². The lowest BCUT2D eigenvalue weighted by Gasteiger charge is -2.01. The number of ether oxygens (including phenoxy) is 1. The number of esters is 1. The highest BCUT2D eigenvalue weighted by Crippen LogP contribution is 2.25. The van der Waals surface area contributed by atoms with Gasteiger partial charge in [0.25, 0.3) is 0 Å². The summed E-state index contributed by atoms with van der Waals surface area (Å²) >= 11 is 0. The van der Waals surface area contributed by atoms with Crippen LogP contribution in [0.5, 0.6) is 0 Å². The Balaban J connectivity index is 2.03. The number of rotatable bonds is 2. The number of carbonyl (C=O) groups excluding carboxylic acids is 1. The molecule has 0 aliphatic carbocycles. The quantitative estimate of drug-likeness (QED) is 0.615. The SMILES string of the molecule is C/C(=C1\N=C(c2ccccc2)OC1=O)c1ccccc1. The third-order valence-corrected chi connectivity index (χ3v) is 3.18. The van der Waals surface area contributed by atoms with Crippen LogP contribution in [0.15, 0.2) is 71.4 Å². The van der Waals surface area contributed by atoms with Gasteiger partial charge in [0.1, 0.15) is 0 Å². The molecule has 2 aromatic carbocycles. The Morgan fingerprint density at radius 3 is 2.20 bits per heavy atom. The van der Waals surface area contributed by atoms with Crippen molar-refractivity contribution in [2.75, 3.05) is 0 Å². The summed E-state index contributed by atoms with van der Waals surface area (Å²) < 4.78 is 5.26. The normalized spacial score (nSPS) is 16.6. The molecule has 0 fully saturated rings. The van der Waals surface area contributed by atoms with Crippen molar-refractivity contribution in [3.05, 3.63) is 77.5 Å². The predicted molar refractivity (Wildman–Crippen MR) is 78.1 cm³/mol. The Hall–Kier alpha value is -2.68. The summed E-state index contributed by atoms with van der Waals surface area (Å²) in [4.78, 5) is 16.3. The molecule has 0 saturated carbocycles. The highest BCUT2D eigenvalue weighted by molar-refractivity contribution is 6.14. The van der Waals surface area contributed by atoms with Gasteiger partial charge in [0, 0.05) is 5.56 Å². The molecule has 3 nitrogen and oxygen atoms in total. The molecular weight excluding hydrogens is 250 g/mol. The number of nitrogens with zero attached hydrogens (tertiary/aromatic N) is 1. The van der Waals surface area contributed by atoms with Crippen molar-refractivity contribution in [1.82, 2.24) is 0 Å². The maximum absolute atomic E-state index is 12.0. The minimum Gasteiger partial charge on any atom is -0.402 e. The molecule has 1 aliphatic rings. The van der Waals surface area contributed by atoms with Crippen molar-refractivity contribution >= 4 is 17.4 Å². The number of hydrogen-bond acceptors (Lipinski definition) is 3. The number of benzene rings is 2. The zero-order valence-electron chi connectivity index (χ0n) is 11.0. The van der Waals surface area contributed by atoms with E-state index in [1.54, 1.807) is 0 Å². The van der Waals surface area contributed by atoms with Crippen molar-refractivity contribution in [3.63, 3.8) is 0 Å². The first kappa shape index (κ1) is 12.4. The van der Waals surface area contributed by atoms with Crippen LogP contribution in [0.25, 0.3) is 5.57 Å². The molecule has 3 heteroatoms. The fourth-order valence-corrected chi connectivity index (χ4v) is 2.07. The van der Waals surface area contributed by atoms with Crippen LogP contribution in [0.2, 0.25) is 0 Å². The highest BCUT2D eigenvalue weighted by atomic mass is 16.6. The average Bonchev–Trinajstić information content (AvgIpc) is 2.90. The van der Waals surface area contributed by atoms with Crippen LogP contribution in [-0.4, -0.2) is 11.9 Å². The summed E-state index contributed by atoms with van der Waals surface area (Å²) in [5.74, 6) is -0.0360. The smallest absolute Gasteiger partial charge is 0.364 e. The van der Waals surface area contributed by atoms with Gasteiger partial charge in [-0.25, -0.2) is 9.79 Å². The molecule has 0 radical (unpaired) electrons. The molecule has 3 rings (SSSR count). The molecule has 98 valence electrons. The summed E-state index contributed by atoms with van der Waals surface area (Å²) in [6.45, 7) is 1.88. The molecule has 0 saturated heterocycles. The molecule has 0 N–H and O–H groups in total. The van der Waals surface area contributed by atoms with Crippen LogP contribution in [0.4, 0.5) is 0 Å². The van der Waals surface area contributed by atoms with Gasteiger partial charge in [-0.2, -0.15) is 0 Å². The lowest BCUT2D eigenvalue weighted by molar-refractivity contribution is -0.129. The van der Waals surface area contributed by atoms with Gasteiger partial charge >= 0.3 is 5.97 Å². The molecule has 0 unspecified atom stereocenters. The predicted octanol–water partition coefficient (Wildman–Crippen LogP) is 3.42. The number of allylic oxidation sites excluding steroid dienone is 1. The Morgan fingerprint density at radius 2 is 1.55 bits per heavy atom. The molecule has 0 amide bonds. The molecular formula is C17H13NO2. The molecule has 0 bridgehead atoms. The largest absolute Gasteiger partial charge is 0.402 e. The summed E-state index contributed by atoms with van der Waals surface area (Å²) in [5.41, 5.74) is 2.96. The number of cyclic esters (lactones) is 1. The van der Waals surface area contributed by atoms with Crippen LogP contribution in [0, 0.1) is 0 Å². The maximum atomic E-state index is 12.0. The van der Waals surface area contributed by atoms with Crippen molar-refractivity contribution in [3.8, 4) is 0 Å². The zero-order valence-corrected chi connectivity index (χ0v) is 11.0. The number of aliphatic imine (C=N–C) groups is 1. The van der Waals surface area contributed by atoms with Crippen LogP contribution < -0.4 is 0 Å². The number of hydrogen-bond donors (Lipinski definition) is 0. The third-order valence-electron chi connectivity index (χ3n) is 3.18. The first-order chi connectivity index (χ1) is 9.75. The van der Waals surface area contributed by atoms with Crippen molar-refractivity contribution in [1.29, 1.82) is 0 Å². The van der Waals surface area contributed by atoms with Crippen molar-refractivity contribution in [2.24, 2.45) is 4.99 Å². The van der Waals surface area contributed by atoms with E-state index in [1.165, 1.54) is 0 Å². The first-order valence-corrected chi connectivity index (χ1v) is 6.38. The van der Waals surface area contributed by atoms with Gasteiger partial charge in [0.15, 0.2) is 5.70 Å². The lowest BCUT2D eigenvalue weighted by Crippen LogP contribution is -2.05. The van der Waals surface area contributed by atoms with E-state index in [2.05, 4.69) is 4.99 Å². The summed E-state index contributed by atoms with van der Waals surface area (Å²) in [6, 6.07) is 19.1. The number of carbonyl (C=O) groups is 1. The Kier molecular flexibility index (Phi) is 3.17. The molecule has 2 aromatic rings. The molecule has 1 heterocycles. The van der Waals surface area contributed by atoms with E-state index in [0.29, 0.717) is 11.6 Å². The van der Waals surface area contributed by atoms with Gasteiger partial charge in [-0.15, -0.1) is 0 Å². The van der Waals surface area contributed by atoms with Crippen LogP contribution in [0.1, 0.15) is 18.1 Å². The van der Waals surface area contributed by atoms with Crippen molar-refractivity contribution < 1.29 is 9.53 Å². The van der Waals surface area contributed by atoms with E-state index in [4.69, 9.17) is 4.74 Å². The van der Waals surface area contributed by atoms with Crippen molar-refractivity contribution in [2.45, 2.75) is 6.92 Å². The van der Waals surface area contributed by atoms with E-state index in [1.807, 2.05) is 67.6 Å². The molecule has 0 aromatic heterocycles. The molecule has 20 heavy (non-hydrogen) atoms. The topological polar surface area (TPSA) is 38.7 Å². The molecule has 0 spiro atoms. The van der Waals surface area contributed by atoms with E-state index in [-0.39, 0.29) is 0 Å². The Morgan fingerprint density at radius 1 is 0.950 bits per heavy atom.